The molecule has 2 aliphatic rings. The Balaban J connectivity index is 1.98. The average molecular weight is 239 g/mol. The summed E-state index contributed by atoms with van der Waals surface area (Å²) in [5, 5.41) is 2.98. The molecule has 1 N–H and O–H groups in total. The predicted molar refractivity (Wildman–Crippen MR) is 67.7 cm³/mol. The van der Waals surface area contributed by atoms with Crippen LogP contribution >= 0.6 is 0 Å². The Hall–Kier alpha value is -0.570. The summed E-state index contributed by atoms with van der Waals surface area (Å²) in [5.41, 5.74) is 0.508. The molecule has 3 heteroatoms. The third-order valence-electron chi connectivity index (χ3n) is 5.57. The van der Waals surface area contributed by atoms with Crippen molar-refractivity contribution in [2.24, 2.45) is 16.7 Å². The third kappa shape index (κ3) is 1.88. The van der Waals surface area contributed by atoms with Crippen molar-refractivity contribution in [1.29, 1.82) is 0 Å². The van der Waals surface area contributed by atoms with Gasteiger partial charge in [0.1, 0.15) is 6.10 Å². The second-order valence-corrected chi connectivity index (χ2v) is 6.44. The largest absolute Gasteiger partial charge is 0.462 e. The van der Waals surface area contributed by atoms with Crippen LogP contribution in [0.3, 0.4) is 0 Å². The van der Waals surface area contributed by atoms with Crippen molar-refractivity contribution in [1.82, 2.24) is 5.32 Å². The van der Waals surface area contributed by atoms with Gasteiger partial charge in [-0.05, 0) is 37.6 Å². The van der Waals surface area contributed by atoms with Gasteiger partial charge in [-0.15, -0.1) is 0 Å². The first-order chi connectivity index (χ1) is 7.91. The van der Waals surface area contributed by atoms with Crippen molar-refractivity contribution in [2.75, 3.05) is 13.6 Å². The lowest BCUT2D eigenvalue weighted by atomic mass is 9.70. The molecule has 3 unspecified atom stereocenters. The van der Waals surface area contributed by atoms with Gasteiger partial charge in [0.05, 0.1) is 6.42 Å². The Morgan fingerprint density at radius 1 is 1.41 bits per heavy atom. The van der Waals surface area contributed by atoms with Crippen LogP contribution in [0, 0.1) is 16.7 Å². The lowest BCUT2D eigenvalue weighted by Gasteiger charge is -2.38. The molecule has 0 heterocycles. The molecule has 2 fully saturated rings. The molecule has 0 radical (unpaired) electrons. The fraction of sp³-hybridized carbons (Fsp3) is 0.929. The van der Waals surface area contributed by atoms with Gasteiger partial charge in [0, 0.05) is 12.0 Å². The Bertz CT molecular complexity index is 313. The lowest BCUT2D eigenvalue weighted by molar-refractivity contribution is -0.156. The zero-order valence-electron chi connectivity index (χ0n) is 11.5. The Labute approximate surface area is 104 Å². The van der Waals surface area contributed by atoms with Crippen molar-refractivity contribution in [2.45, 2.75) is 52.6 Å². The highest BCUT2D eigenvalue weighted by Gasteiger charge is 2.62. The minimum absolute atomic E-state index is 0.0473. The van der Waals surface area contributed by atoms with Gasteiger partial charge in [-0.2, -0.15) is 0 Å². The van der Waals surface area contributed by atoms with Crippen molar-refractivity contribution in [3.63, 3.8) is 0 Å². The second kappa shape index (κ2) is 4.27. The van der Waals surface area contributed by atoms with E-state index in [1.54, 1.807) is 0 Å². The molecule has 0 spiro atoms. The molecule has 0 aromatic rings. The molecule has 2 bridgehead atoms. The Kier molecular flexibility index (Phi) is 3.23. The number of carbonyl (C=O) groups excluding carboxylic acids is 1. The lowest BCUT2D eigenvalue weighted by Crippen LogP contribution is -2.38. The Morgan fingerprint density at radius 2 is 2.12 bits per heavy atom. The van der Waals surface area contributed by atoms with E-state index in [2.05, 4.69) is 26.1 Å². The molecule has 0 saturated heterocycles. The van der Waals surface area contributed by atoms with Crippen LogP contribution in [0.2, 0.25) is 0 Å². The summed E-state index contributed by atoms with van der Waals surface area (Å²) in [6.45, 7) is 7.68. The number of rotatable bonds is 4. The van der Waals surface area contributed by atoms with Crippen LogP contribution in [-0.2, 0) is 9.53 Å². The monoisotopic (exact) mass is 239 g/mol. The van der Waals surface area contributed by atoms with E-state index in [4.69, 9.17) is 4.74 Å². The van der Waals surface area contributed by atoms with Crippen molar-refractivity contribution in [3.8, 4) is 0 Å². The highest BCUT2D eigenvalue weighted by molar-refractivity contribution is 5.70. The number of hydrogen-bond acceptors (Lipinski definition) is 3. The number of carbonyl (C=O) groups is 1. The molecule has 0 amide bonds. The van der Waals surface area contributed by atoms with Gasteiger partial charge in [-0.25, -0.2) is 0 Å². The maximum atomic E-state index is 11.7. The first-order valence-corrected chi connectivity index (χ1v) is 6.76. The second-order valence-electron chi connectivity index (χ2n) is 6.44. The summed E-state index contributed by atoms with van der Waals surface area (Å²) in [6, 6.07) is 0. The van der Waals surface area contributed by atoms with Crippen LogP contribution in [0.4, 0.5) is 0 Å². The summed E-state index contributed by atoms with van der Waals surface area (Å²) in [7, 11) is 1.86. The summed E-state index contributed by atoms with van der Waals surface area (Å²) >= 11 is 0. The van der Waals surface area contributed by atoms with E-state index in [1.165, 1.54) is 12.8 Å². The van der Waals surface area contributed by atoms with E-state index >= 15 is 0 Å². The van der Waals surface area contributed by atoms with Crippen molar-refractivity contribution >= 4 is 5.97 Å². The molecule has 17 heavy (non-hydrogen) atoms. The topological polar surface area (TPSA) is 38.3 Å². The predicted octanol–water partition coefficient (Wildman–Crippen LogP) is 2.35. The fourth-order valence-electron chi connectivity index (χ4n) is 3.75. The van der Waals surface area contributed by atoms with Crippen LogP contribution in [0.25, 0.3) is 0 Å². The van der Waals surface area contributed by atoms with Gasteiger partial charge in [0.15, 0.2) is 0 Å². The van der Waals surface area contributed by atoms with Crippen molar-refractivity contribution in [3.05, 3.63) is 0 Å². The number of ether oxygens (including phenoxy) is 1. The summed E-state index contributed by atoms with van der Waals surface area (Å²) in [6.07, 6.45) is 4.19. The Morgan fingerprint density at radius 3 is 2.59 bits per heavy atom. The maximum Gasteiger partial charge on any atom is 0.307 e. The van der Waals surface area contributed by atoms with Crippen LogP contribution in [0.1, 0.15) is 46.5 Å². The van der Waals surface area contributed by atoms with Gasteiger partial charge in [0.2, 0.25) is 0 Å². The molecule has 0 aromatic carbocycles. The quantitative estimate of drug-likeness (QED) is 0.765. The molecular weight excluding hydrogens is 214 g/mol. The molecule has 98 valence electrons. The normalized spacial score (nSPS) is 38.4. The smallest absolute Gasteiger partial charge is 0.307 e. The number of nitrogens with one attached hydrogen (secondary N) is 1. The molecule has 2 saturated carbocycles. The van der Waals surface area contributed by atoms with Gasteiger partial charge < -0.3 is 10.1 Å². The van der Waals surface area contributed by atoms with Crippen molar-refractivity contribution < 1.29 is 9.53 Å². The first-order valence-electron chi connectivity index (χ1n) is 6.76. The van der Waals surface area contributed by atoms with Gasteiger partial charge in [0.25, 0.3) is 0 Å². The van der Waals surface area contributed by atoms with Gasteiger partial charge in [-0.1, -0.05) is 20.8 Å². The molecule has 3 atom stereocenters. The van der Waals surface area contributed by atoms with Crippen LogP contribution < -0.4 is 5.32 Å². The summed E-state index contributed by atoms with van der Waals surface area (Å²) in [4.78, 5) is 11.7. The number of esters is 1. The van der Waals surface area contributed by atoms with E-state index in [9.17, 15) is 4.79 Å². The highest BCUT2D eigenvalue weighted by atomic mass is 16.5. The standard InChI is InChI=1S/C14H25NO2/c1-13(2)10-5-7-14(13,3)11(9-10)17-12(16)6-8-15-4/h10-11,15H,5-9H2,1-4H3. The zero-order valence-corrected chi connectivity index (χ0v) is 11.5. The highest BCUT2D eigenvalue weighted by Crippen LogP contribution is 2.66. The minimum atomic E-state index is -0.0473. The van der Waals surface area contributed by atoms with E-state index in [0.717, 1.165) is 12.3 Å². The third-order valence-corrected chi connectivity index (χ3v) is 5.57. The average Bonchev–Trinajstić information content (AvgIpc) is 2.59. The fourth-order valence-corrected chi connectivity index (χ4v) is 3.75. The van der Waals surface area contributed by atoms with Gasteiger partial charge in [-0.3, -0.25) is 4.79 Å². The molecule has 0 aromatic heterocycles. The first kappa shape index (κ1) is 12.9. The number of fused-ring (bicyclic) bond motifs is 2. The summed E-state index contributed by atoms with van der Waals surface area (Å²) < 4.78 is 5.71. The number of hydrogen-bond donors (Lipinski definition) is 1. The molecular formula is C14H25NO2. The van der Waals surface area contributed by atoms with E-state index in [0.29, 0.717) is 18.4 Å². The van der Waals surface area contributed by atoms with Crippen LogP contribution in [0.15, 0.2) is 0 Å². The van der Waals surface area contributed by atoms with Crippen LogP contribution in [-0.4, -0.2) is 25.7 Å². The zero-order chi connectivity index (χ0) is 12.7. The SMILES string of the molecule is CNCCC(=O)OC1CC2CCC1(C)C2(C)C. The minimum Gasteiger partial charge on any atom is -0.462 e. The maximum absolute atomic E-state index is 11.7. The van der Waals surface area contributed by atoms with E-state index < -0.39 is 0 Å². The van der Waals surface area contributed by atoms with Gasteiger partial charge >= 0.3 is 5.97 Å². The molecule has 3 nitrogen and oxygen atoms in total. The molecule has 2 rings (SSSR count). The summed E-state index contributed by atoms with van der Waals surface area (Å²) in [5.74, 6) is 0.684. The van der Waals surface area contributed by atoms with Crippen LogP contribution in [0.5, 0.6) is 0 Å². The molecule has 0 aliphatic heterocycles. The van der Waals surface area contributed by atoms with E-state index in [-0.39, 0.29) is 17.5 Å². The van der Waals surface area contributed by atoms with E-state index in [1.807, 2.05) is 7.05 Å². The molecule has 2 aliphatic carbocycles.